The van der Waals surface area contributed by atoms with Gasteiger partial charge in [-0.25, -0.2) is 0 Å². The van der Waals surface area contributed by atoms with Crippen LogP contribution in [0.3, 0.4) is 0 Å². The van der Waals surface area contributed by atoms with E-state index in [1.165, 1.54) is 13.8 Å². The lowest BCUT2D eigenvalue weighted by atomic mass is 10.6. The van der Waals surface area contributed by atoms with Gasteiger partial charge in [0.2, 0.25) is 11.8 Å². The number of amides is 2. The van der Waals surface area contributed by atoms with Crippen LogP contribution >= 0.6 is 0 Å². The van der Waals surface area contributed by atoms with E-state index in [2.05, 4.69) is 19.7 Å². The van der Waals surface area contributed by atoms with Gasteiger partial charge in [0.05, 0.1) is 0 Å². The van der Waals surface area contributed by atoms with Crippen LogP contribution in [-0.2, 0) is 9.59 Å². The molecule has 0 atom stereocenters. The zero-order chi connectivity index (χ0) is 14.3. The van der Waals surface area contributed by atoms with Crippen LogP contribution in [-0.4, -0.2) is 43.2 Å². The van der Waals surface area contributed by atoms with E-state index in [9.17, 15) is 9.59 Å². The highest BCUT2D eigenvalue weighted by molar-refractivity contribution is 6.65. The highest BCUT2D eigenvalue weighted by Crippen LogP contribution is 2.11. The number of rotatable bonds is 7. The first-order valence-electron chi connectivity index (χ1n) is 5.78. The Hall–Kier alpha value is -1.62. The van der Waals surface area contributed by atoms with E-state index in [1.807, 2.05) is 6.92 Å². The minimum absolute atomic E-state index is 0.0649. The third kappa shape index (κ3) is 4.33. The molecule has 0 aliphatic carbocycles. The van der Waals surface area contributed by atoms with Gasteiger partial charge in [-0.15, -0.1) is 19.7 Å². The average Bonchev–Trinajstić information content (AvgIpc) is 2.26. The molecule has 5 heteroatoms. The van der Waals surface area contributed by atoms with E-state index in [-0.39, 0.29) is 11.8 Å². The van der Waals surface area contributed by atoms with Crippen LogP contribution in [0.15, 0.2) is 37.1 Å². The number of carbonyl (C=O) groups excluding carboxylic acids is 2. The molecule has 0 spiro atoms. The molecule has 0 aromatic carbocycles. The molecule has 0 unspecified atom stereocenters. The summed E-state index contributed by atoms with van der Waals surface area (Å²) < 4.78 is 3.39. The molecule has 0 heterocycles. The highest BCUT2D eigenvalue weighted by atomic mass is 28.3. The Morgan fingerprint density at radius 3 is 1.50 bits per heavy atom. The summed E-state index contributed by atoms with van der Waals surface area (Å²) in [6.45, 7) is 16.9. The summed E-state index contributed by atoms with van der Waals surface area (Å²) in [5, 5.41) is 0.865. The number of hydrogen-bond donors (Lipinski definition) is 0. The smallest absolute Gasteiger partial charge is 0.281 e. The first-order valence-corrected chi connectivity index (χ1v) is 7.39. The maximum Gasteiger partial charge on any atom is 0.281 e. The molecule has 0 N–H and O–H groups in total. The Morgan fingerprint density at radius 1 is 1.00 bits per heavy atom. The average molecular weight is 266 g/mol. The van der Waals surface area contributed by atoms with Crippen molar-refractivity contribution in [3.05, 3.63) is 37.1 Å². The lowest BCUT2D eigenvalue weighted by Crippen LogP contribution is -2.57. The minimum atomic E-state index is -2.06. The molecular weight excluding hydrogens is 244 g/mol. The van der Waals surface area contributed by atoms with Gasteiger partial charge in [0.1, 0.15) is 0 Å². The van der Waals surface area contributed by atoms with Gasteiger partial charge in [-0.05, 0) is 6.92 Å². The van der Waals surface area contributed by atoms with Gasteiger partial charge in [0.15, 0.2) is 0 Å². The molecular formula is C13H22N2O2Si. The first-order chi connectivity index (χ1) is 8.36. The number of nitrogens with zero attached hydrogens (tertiary/aromatic N) is 2. The van der Waals surface area contributed by atoms with Gasteiger partial charge in [-0.3, -0.25) is 9.59 Å². The van der Waals surface area contributed by atoms with Crippen LogP contribution in [0.5, 0.6) is 0 Å². The zero-order valence-electron chi connectivity index (χ0n) is 11.5. The molecule has 0 aliphatic rings. The van der Waals surface area contributed by atoms with Crippen LogP contribution < -0.4 is 0 Å². The van der Waals surface area contributed by atoms with Crippen molar-refractivity contribution < 1.29 is 9.59 Å². The Labute approximate surface area is 111 Å². The fraction of sp³-hybridized carbons (Fsp3) is 0.385. The molecule has 18 heavy (non-hydrogen) atoms. The van der Waals surface area contributed by atoms with Crippen molar-refractivity contribution in [3.63, 3.8) is 0 Å². The van der Waals surface area contributed by atoms with E-state index in [4.69, 9.17) is 0 Å². The lowest BCUT2D eigenvalue weighted by molar-refractivity contribution is -0.126. The molecule has 0 aromatic rings. The van der Waals surface area contributed by atoms with Crippen molar-refractivity contribution in [2.24, 2.45) is 0 Å². The highest BCUT2D eigenvalue weighted by Gasteiger charge is 2.30. The van der Waals surface area contributed by atoms with E-state index in [0.29, 0.717) is 13.1 Å². The van der Waals surface area contributed by atoms with Crippen molar-refractivity contribution in [1.29, 1.82) is 0 Å². The summed E-state index contributed by atoms with van der Waals surface area (Å²) in [6, 6.07) is 0. The second-order valence-corrected chi connectivity index (χ2v) is 7.12. The molecule has 0 saturated heterocycles. The summed E-state index contributed by atoms with van der Waals surface area (Å²) >= 11 is 0. The molecule has 2 amide bonds. The molecule has 0 fully saturated rings. The second kappa shape index (κ2) is 7.65. The first kappa shape index (κ1) is 16.4. The number of allylic oxidation sites excluding steroid dienone is 1. The van der Waals surface area contributed by atoms with Crippen LogP contribution in [0.4, 0.5) is 0 Å². The summed E-state index contributed by atoms with van der Waals surface area (Å²) in [7, 11) is -2.06. The van der Waals surface area contributed by atoms with Crippen molar-refractivity contribution in [1.82, 2.24) is 9.13 Å². The van der Waals surface area contributed by atoms with Crippen LogP contribution in [0.2, 0.25) is 0 Å². The van der Waals surface area contributed by atoms with Crippen molar-refractivity contribution >= 4 is 20.9 Å². The molecule has 0 saturated carbocycles. The molecule has 100 valence electrons. The molecule has 0 rings (SSSR count). The van der Waals surface area contributed by atoms with Gasteiger partial charge in [0, 0.05) is 26.9 Å². The predicted molar refractivity (Wildman–Crippen MR) is 77.1 cm³/mol. The van der Waals surface area contributed by atoms with Gasteiger partial charge < -0.3 is 9.13 Å². The maximum atomic E-state index is 11.7. The maximum absolute atomic E-state index is 11.7. The third-order valence-corrected chi connectivity index (χ3v) is 5.70. The fourth-order valence-corrected chi connectivity index (χ4v) is 4.57. The van der Waals surface area contributed by atoms with E-state index < -0.39 is 9.12 Å². The Kier molecular flexibility index (Phi) is 6.96. The largest absolute Gasteiger partial charge is 0.347 e. The Morgan fingerprint density at radius 2 is 1.33 bits per heavy atom. The van der Waals surface area contributed by atoms with Gasteiger partial charge in [-0.1, -0.05) is 17.3 Å². The normalized spacial score (nSPS) is 9.78. The lowest BCUT2D eigenvalue weighted by Gasteiger charge is -2.37. The minimum Gasteiger partial charge on any atom is -0.347 e. The standard InChI is InChI=1S/C13H22N2O2Si/c1-7-9-14(12(5)16)18(11(3)4)15(10-8-2)13(6)17/h7-8,18H,1-3,9-10H2,4-6H3. The second-order valence-electron chi connectivity index (χ2n) is 4.14. The summed E-state index contributed by atoms with van der Waals surface area (Å²) in [5.74, 6) is -0.130. The molecule has 4 nitrogen and oxygen atoms in total. The van der Waals surface area contributed by atoms with Gasteiger partial charge >= 0.3 is 0 Å². The zero-order valence-corrected chi connectivity index (χ0v) is 12.6. The topological polar surface area (TPSA) is 40.6 Å². The molecule has 0 aromatic heterocycles. The monoisotopic (exact) mass is 266 g/mol. The van der Waals surface area contributed by atoms with Gasteiger partial charge in [0.25, 0.3) is 9.12 Å². The summed E-state index contributed by atoms with van der Waals surface area (Å²) in [5.41, 5.74) is 0. The summed E-state index contributed by atoms with van der Waals surface area (Å²) in [6.07, 6.45) is 3.33. The Bertz CT molecular complexity index is 338. The third-order valence-electron chi connectivity index (χ3n) is 2.49. The van der Waals surface area contributed by atoms with Crippen LogP contribution in [0.25, 0.3) is 0 Å². The van der Waals surface area contributed by atoms with E-state index in [0.717, 1.165) is 5.20 Å². The van der Waals surface area contributed by atoms with E-state index in [1.54, 1.807) is 21.3 Å². The van der Waals surface area contributed by atoms with Crippen molar-refractivity contribution in [3.8, 4) is 0 Å². The fourth-order valence-electron chi connectivity index (χ4n) is 1.78. The quantitative estimate of drug-likeness (QED) is 0.516. The van der Waals surface area contributed by atoms with Crippen molar-refractivity contribution in [2.45, 2.75) is 20.8 Å². The molecule has 0 bridgehead atoms. The predicted octanol–water partition coefficient (Wildman–Crippen LogP) is 1.39. The van der Waals surface area contributed by atoms with Gasteiger partial charge in [-0.2, -0.15) is 0 Å². The molecule has 0 radical (unpaired) electrons. The number of hydrogen-bond acceptors (Lipinski definition) is 2. The number of carbonyl (C=O) groups is 2. The van der Waals surface area contributed by atoms with Crippen molar-refractivity contribution in [2.75, 3.05) is 13.1 Å². The van der Waals surface area contributed by atoms with Crippen LogP contribution in [0.1, 0.15) is 20.8 Å². The molecule has 0 aliphatic heterocycles. The summed E-state index contributed by atoms with van der Waals surface area (Å²) in [4.78, 5) is 23.4. The SMILES string of the molecule is C=CCN(C(C)=O)[SiH](C(=C)C)N(CC=C)C(C)=O. The Balaban J connectivity index is 5.40. The van der Waals surface area contributed by atoms with Crippen LogP contribution in [0, 0.1) is 0 Å². The van der Waals surface area contributed by atoms with E-state index >= 15 is 0 Å².